The SMILES string of the molecule is CC(C)(O[SiH3])c1ccccc1.[SiH3]OCC(c1ccccc1)c1ccccc1. The standard InChI is InChI=1S/C14H16OSi.C9H14OSi/c16-15-11-14(12-7-3-1-4-8-12)13-9-5-2-6-10-13;1-9(2,10-11)8-6-4-3-5-7-8/h1-10,14H,11H2,16H3;3-7H,1-2,11H3. The lowest BCUT2D eigenvalue weighted by atomic mass is 9.92. The van der Waals surface area contributed by atoms with Crippen LogP contribution in [0.2, 0.25) is 0 Å². The summed E-state index contributed by atoms with van der Waals surface area (Å²) in [5.41, 5.74) is 3.79. The lowest BCUT2D eigenvalue weighted by Gasteiger charge is -2.23. The minimum atomic E-state index is -0.104. The highest BCUT2D eigenvalue weighted by atomic mass is 28.2. The summed E-state index contributed by atoms with van der Waals surface area (Å²) in [6, 6.07) is 31.4. The molecule has 0 bridgehead atoms. The Balaban J connectivity index is 0.000000208. The summed E-state index contributed by atoms with van der Waals surface area (Å²) < 4.78 is 10.9. The van der Waals surface area contributed by atoms with Crippen LogP contribution in [-0.2, 0) is 14.5 Å². The van der Waals surface area contributed by atoms with E-state index in [2.05, 4.69) is 74.5 Å². The Labute approximate surface area is 169 Å². The highest BCUT2D eigenvalue weighted by Crippen LogP contribution is 2.24. The molecule has 142 valence electrons. The van der Waals surface area contributed by atoms with Crippen molar-refractivity contribution < 1.29 is 8.85 Å². The molecule has 0 radical (unpaired) electrons. The van der Waals surface area contributed by atoms with Gasteiger partial charge in [0.15, 0.2) is 0 Å². The first-order chi connectivity index (χ1) is 13.1. The smallest absolute Gasteiger partial charge is 0.147 e. The lowest BCUT2D eigenvalue weighted by Crippen LogP contribution is -2.19. The van der Waals surface area contributed by atoms with Gasteiger partial charge in [-0.2, -0.15) is 0 Å². The summed E-state index contributed by atoms with van der Waals surface area (Å²) >= 11 is 0. The Hall–Kier alpha value is -1.99. The van der Waals surface area contributed by atoms with Crippen molar-refractivity contribution in [2.75, 3.05) is 6.61 Å². The van der Waals surface area contributed by atoms with Crippen LogP contribution in [0.4, 0.5) is 0 Å². The zero-order chi connectivity index (χ0) is 19.5. The van der Waals surface area contributed by atoms with E-state index in [0.717, 1.165) is 27.6 Å². The molecule has 0 spiro atoms. The monoisotopic (exact) mass is 394 g/mol. The van der Waals surface area contributed by atoms with E-state index in [4.69, 9.17) is 8.85 Å². The van der Waals surface area contributed by atoms with Gasteiger partial charge < -0.3 is 8.85 Å². The predicted molar refractivity (Wildman–Crippen MR) is 121 cm³/mol. The number of hydrogen-bond acceptors (Lipinski definition) is 2. The quantitative estimate of drug-likeness (QED) is 0.597. The van der Waals surface area contributed by atoms with Crippen molar-refractivity contribution in [1.29, 1.82) is 0 Å². The molecule has 0 saturated heterocycles. The molecule has 0 amide bonds. The molecule has 0 N–H and O–H groups in total. The van der Waals surface area contributed by atoms with Gasteiger partial charge in [-0.05, 0) is 30.5 Å². The van der Waals surface area contributed by atoms with E-state index in [1.807, 2.05) is 30.3 Å². The van der Waals surface area contributed by atoms with Gasteiger partial charge >= 0.3 is 0 Å². The molecule has 2 nitrogen and oxygen atoms in total. The van der Waals surface area contributed by atoms with Crippen molar-refractivity contribution in [3.63, 3.8) is 0 Å². The van der Waals surface area contributed by atoms with Crippen LogP contribution in [0.15, 0.2) is 91.0 Å². The van der Waals surface area contributed by atoms with Gasteiger partial charge in [0.2, 0.25) is 0 Å². The third-order valence-electron chi connectivity index (χ3n) is 4.72. The van der Waals surface area contributed by atoms with Crippen molar-refractivity contribution in [2.45, 2.75) is 25.4 Å². The first kappa shape index (κ1) is 21.3. The van der Waals surface area contributed by atoms with Crippen LogP contribution in [0.3, 0.4) is 0 Å². The van der Waals surface area contributed by atoms with Gasteiger partial charge in [0, 0.05) is 12.5 Å². The third kappa shape index (κ3) is 6.59. The topological polar surface area (TPSA) is 18.5 Å². The number of hydrogen-bond donors (Lipinski definition) is 0. The number of benzene rings is 3. The second-order valence-electron chi connectivity index (χ2n) is 6.91. The Kier molecular flexibility index (Phi) is 8.68. The van der Waals surface area contributed by atoms with Crippen molar-refractivity contribution in [3.8, 4) is 0 Å². The fourth-order valence-corrected chi connectivity index (χ4v) is 3.45. The van der Waals surface area contributed by atoms with E-state index < -0.39 is 0 Å². The van der Waals surface area contributed by atoms with E-state index in [9.17, 15) is 0 Å². The van der Waals surface area contributed by atoms with Crippen molar-refractivity contribution in [1.82, 2.24) is 0 Å². The lowest BCUT2D eigenvalue weighted by molar-refractivity contribution is 0.123. The second-order valence-corrected chi connectivity index (χ2v) is 7.90. The van der Waals surface area contributed by atoms with Crippen LogP contribution in [-0.4, -0.2) is 27.6 Å². The van der Waals surface area contributed by atoms with Gasteiger partial charge in [0.1, 0.15) is 21.0 Å². The molecule has 27 heavy (non-hydrogen) atoms. The molecule has 4 heteroatoms. The van der Waals surface area contributed by atoms with E-state index in [1.54, 1.807) is 0 Å². The fourth-order valence-electron chi connectivity index (χ4n) is 2.88. The molecule has 0 atom stereocenters. The molecule has 0 aliphatic heterocycles. The average Bonchev–Trinajstić information content (AvgIpc) is 2.74. The first-order valence-electron chi connectivity index (χ1n) is 9.28. The second kappa shape index (κ2) is 11.0. The largest absolute Gasteiger partial charge is 0.427 e. The molecule has 0 fully saturated rings. The van der Waals surface area contributed by atoms with Crippen LogP contribution < -0.4 is 0 Å². The maximum absolute atomic E-state index is 5.46. The van der Waals surface area contributed by atoms with Crippen LogP contribution in [0.1, 0.15) is 36.5 Å². The Morgan fingerprint density at radius 3 is 1.48 bits per heavy atom. The maximum atomic E-state index is 5.46. The van der Waals surface area contributed by atoms with Crippen LogP contribution >= 0.6 is 0 Å². The van der Waals surface area contributed by atoms with E-state index >= 15 is 0 Å². The molecule has 0 saturated carbocycles. The highest BCUT2D eigenvalue weighted by molar-refractivity contribution is 5.98. The van der Waals surface area contributed by atoms with Gasteiger partial charge in [-0.3, -0.25) is 0 Å². The van der Waals surface area contributed by atoms with E-state index in [1.165, 1.54) is 16.7 Å². The average molecular weight is 395 g/mol. The molecule has 0 aliphatic carbocycles. The van der Waals surface area contributed by atoms with Gasteiger partial charge in [0.25, 0.3) is 0 Å². The third-order valence-corrected chi connectivity index (χ3v) is 6.07. The molecule has 3 rings (SSSR count). The molecule has 0 aromatic heterocycles. The van der Waals surface area contributed by atoms with Crippen molar-refractivity contribution in [2.24, 2.45) is 0 Å². The van der Waals surface area contributed by atoms with Gasteiger partial charge in [-0.1, -0.05) is 91.0 Å². The molecule has 3 aromatic rings. The summed E-state index contributed by atoms with van der Waals surface area (Å²) in [7, 11) is 1.57. The van der Waals surface area contributed by atoms with Gasteiger partial charge in [-0.15, -0.1) is 0 Å². The Morgan fingerprint density at radius 2 is 1.11 bits per heavy atom. The normalized spacial score (nSPS) is 11.2. The summed E-state index contributed by atoms with van der Waals surface area (Å²) in [6.07, 6.45) is 0. The Morgan fingerprint density at radius 1 is 0.704 bits per heavy atom. The maximum Gasteiger partial charge on any atom is 0.147 e. The summed E-state index contributed by atoms with van der Waals surface area (Å²) in [5, 5.41) is 0. The summed E-state index contributed by atoms with van der Waals surface area (Å²) in [6.45, 7) is 4.96. The molecular formula is C23H30O2Si2. The van der Waals surface area contributed by atoms with Crippen molar-refractivity contribution >= 4 is 21.0 Å². The van der Waals surface area contributed by atoms with Gasteiger partial charge in [0.05, 0.1) is 5.60 Å². The van der Waals surface area contributed by atoms with E-state index in [-0.39, 0.29) is 5.60 Å². The zero-order valence-corrected chi connectivity index (χ0v) is 20.8. The molecule has 0 unspecified atom stereocenters. The van der Waals surface area contributed by atoms with Crippen molar-refractivity contribution in [3.05, 3.63) is 108 Å². The Bertz CT molecular complexity index is 723. The summed E-state index contributed by atoms with van der Waals surface area (Å²) in [4.78, 5) is 0. The molecular weight excluding hydrogens is 364 g/mol. The minimum absolute atomic E-state index is 0.104. The minimum Gasteiger partial charge on any atom is -0.427 e. The molecule has 0 heterocycles. The predicted octanol–water partition coefficient (Wildman–Crippen LogP) is 3.33. The molecule has 3 aromatic carbocycles. The van der Waals surface area contributed by atoms with Gasteiger partial charge in [-0.25, -0.2) is 0 Å². The van der Waals surface area contributed by atoms with Crippen LogP contribution in [0.25, 0.3) is 0 Å². The van der Waals surface area contributed by atoms with Crippen LogP contribution in [0, 0.1) is 0 Å². The zero-order valence-electron chi connectivity index (χ0n) is 16.8. The highest BCUT2D eigenvalue weighted by Gasteiger charge is 2.17. The van der Waals surface area contributed by atoms with Crippen LogP contribution in [0.5, 0.6) is 0 Å². The first-order valence-corrected chi connectivity index (χ1v) is 10.9. The summed E-state index contributed by atoms with van der Waals surface area (Å²) in [5.74, 6) is 0.361. The fraction of sp³-hybridized carbons (Fsp3) is 0.217. The molecule has 0 aliphatic rings. The number of rotatable bonds is 6. The van der Waals surface area contributed by atoms with E-state index in [0.29, 0.717) is 5.92 Å².